The number of hydrogen-bond acceptors (Lipinski definition) is 5. The van der Waals surface area contributed by atoms with E-state index < -0.39 is 0 Å². The van der Waals surface area contributed by atoms with Crippen LogP contribution in [-0.2, 0) is 4.79 Å². The molecule has 0 atom stereocenters. The first kappa shape index (κ1) is 19.0. The lowest BCUT2D eigenvalue weighted by atomic mass is 10.2. The zero-order valence-electron chi connectivity index (χ0n) is 15.1. The third kappa shape index (κ3) is 4.71. The standard InChI is InChI=1S/C19H24N4OS2/c1-4-11-25-16-8-6-5-7-15(16)20-17(24)12-26-19-22-21-18(13(2)3)23(19)14-9-10-14/h4-8,13-14H,1,9-12H2,2-3H3,(H,20,24). The molecule has 7 heteroatoms. The molecule has 3 rings (SSSR count). The quantitative estimate of drug-likeness (QED) is 0.496. The van der Waals surface area contributed by atoms with Crippen LogP contribution in [0.4, 0.5) is 5.69 Å². The van der Waals surface area contributed by atoms with Gasteiger partial charge >= 0.3 is 0 Å². The van der Waals surface area contributed by atoms with E-state index in [1.165, 1.54) is 24.6 Å². The zero-order chi connectivity index (χ0) is 18.5. The van der Waals surface area contributed by atoms with Crippen LogP contribution in [0.15, 0.2) is 47.0 Å². The van der Waals surface area contributed by atoms with Gasteiger partial charge in [-0.05, 0) is 25.0 Å². The fourth-order valence-corrected chi connectivity index (χ4v) is 4.18. The molecule has 0 unspecified atom stereocenters. The molecule has 1 aromatic heterocycles. The number of nitrogens with zero attached hydrogens (tertiary/aromatic N) is 3. The SMILES string of the molecule is C=CCSc1ccccc1NC(=O)CSc1nnc(C(C)C)n1C1CC1. The van der Waals surface area contributed by atoms with Crippen LogP contribution in [0.1, 0.15) is 44.5 Å². The van der Waals surface area contributed by atoms with Crippen LogP contribution >= 0.6 is 23.5 Å². The van der Waals surface area contributed by atoms with Crippen molar-refractivity contribution in [3.63, 3.8) is 0 Å². The second-order valence-electron chi connectivity index (χ2n) is 6.53. The molecule has 138 valence electrons. The predicted molar refractivity (Wildman–Crippen MR) is 109 cm³/mol. The van der Waals surface area contributed by atoms with E-state index in [0.717, 1.165) is 27.3 Å². The topological polar surface area (TPSA) is 59.8 Å². The number of nitrogens with one attached hydrogen (secondary N) is 1. The number of benzene rings is 1. The summed E-state index contributed by atoms with van der Waals surface area (Å²) < 4.78 is 2.22. The first-order valence-electron chi connectivity index (χ1n) is 8.80. The van der Waals surface area contributed by atoms with Crippen LogP contribution in [0, 0.1) is 0 Å². The zero-order valence-corrected chi connectivity index (χ0v) is 16.8. The van der Waals surface area contributed by atoms with Crippen molar-refractivity contribution in [2.24, 2.45) is 0 Å². The molecule has 1 aromatic carbocycles. The lowest BCUT2D eigenvalue weighted by Crippen LogP contribution is -2.15. The molecule has 0 bridgehead atoms. The third-order valence-corrected chi connectivity index (χ3v) is 5.98. The Morgan fingerprint density at radius 2 is 2.12 bits per heavy atom. The maximum Gasteiger partial charge on any atom is 0.234 e. The van der Waals surface area contributed by atoms with Crippen molar-refractivity contribution in [1.29, 1.82) is 0 Å². The van der Waals surface area contributed by atoms with E-state index >= 15 is 0 Å². The minimum atomic E-state index is -0.0295. The average molecular weight is 389 g/mol. The molecule has 5 nitrogen and oxygen atoms in total. The van der Waals surface area contributed by atoms with E-state index in [-0.39, 0.29) is 5.91 Å². The Morgan fingerprint density at radius 1 is 1.35 bits per heavy atom. The summed E-state index contributed by atoms with van der Waals surface area (Å²) in [6, 6.07) is 8.34. The summed E-state index contributed by atoms with van der Waals surface area (Å²) in [5, 5.41) is 12.5. The van der Waals surface area contributed by atoms with Crippen molar-refractivity contribution in [3.8, 4) is 0 Å². The molecular weight excluding hydrogens is 364 g/mol. The van der Waals surface area contributed by atoms with E-state index in [9.17, 15) is 4.79 Å². The predicted octanol–water partition coefficient (Wildman–Crippen LogP) is 4.75. The monoisotopic (exact) mass is 388 g/mol. The number of anilines is 1. The first-order chi connectivity index (χ1) is 12.6. The van der Waals surface area contributed by atoms with Gasteiger partial charge in [0, 0.05) is 22.6 Å². The van der Waals surface area contributed by atoms with Gasteiger partial charge in [-0.1, -0.05) is 43.8 Å². The molecule has 0 spiro atoms. The summed E-state index contributed by atoms with van der Waals surface area (Å²) in [5.74, 6) is 2.45. The van der Waals surface area contributed by atoms with Crippen molar-refractivity contribution in [2.75, 3.05) is 16.8 Å². The lowest BCUT2D eigenvalue weighted by molar-refractivity contribution is -0.113. The van der Waals surface area contributed by atoms with Gasteiger partial charge in [-0.2, -0.15) is 0 Å². The van der Waals surface area contributed by atoms with E-state index in [4.69, 9.17) is 0 Å². The molecule has 2 aromatic rings. The van der Waals surface area contributed by atoms with Crippen LogP contribution in [0.2, 0.25) is 0 Å². The van der Waals surface area contributed by atoms with Crippen LogP contribution in [0.25, 0.3) is 0 Å². The van der Waals surface area contributed by atoms with Crippen molar-refractivity contribution in [2.45, 2.75) is 48.7 Å². The summed E-state index contributed by atoms with van der Waals surface area (Å²) in [6.07, 6.45) is 4.20. The van der Waals surface area contributed by atoms with Gasteiger partial charge < -0.3 is 9.88 Å². The van der Waals surface area contributed by atoms with Gasteiger partial charge in [-0.25, -0.2) is 0 Å². The maximum absolute atomic E-state index is 12.4. The highest BCUT2D eigenvalue weighted by Gasteiger charge is 2.30. The highest BCUT2D eigenvalue weighted by Crippen LogP contribution is 2.40. The summed E-state index contributed by atoms with van der Waals surface area (Å²) in [5.41, 5.74) is 0.844. The number of hydrogen-bond donors (Lipinski definition) is 1. The van der Waals surface area contributed by atoms with Crippen molar-refractivity contribution >= 4 is 35.1 Å². The number of para-hydroxylation sites is 1. The minimum absolute atomic E-state index is 0.0295. The molecule has 1 N–H and O–H groups in total. The Bertz CT molecular complexity index is 784. The summed E-state index contributed by atoms with van der Waals surface area (Å²) in [6.45, 7) is 8.00. The molecular formula is C19H24N4OS2. The van der Waals surface area contributed by atoms with E-state index in [1.807, 2.05) is 30.3 Å². The highest BCUT2D eigenvalue weighted by molar-refractivity contribution is 8.00. The van der Waals surface area contributed by atoms with Crippen LogP contribution in [0.3, 0.4) is 0 Å². The van der Waals surface area contributed by atoms with E-state index in [2.05, 4.69) is 40.5 Å². The molecule has 0 aliphatic heterocycles. The number of carbonyl (C=O) groups is 1. The second-order valence-corrected chi connectivity index (χ2v) is 8.53. The molecule has 1 amide bonds. The Hall–Kier alpha value is -1.73. The molecule has 1 aliphatic carbocycles. The molecule has 0 saturated heterocycles. The largest absolute Gasteiger partial charge is 0.324 e. The number of carbonyl (C=O) groups excluding carboxylic acids is 1. The average Bonchev–Trinajstić information content (AvgIpc) is 3.38. The molecule has 1 heterocycles. The highest BCUT2D eigenvalue weighted by atomic mass is 32.2. The van der Waals surface area contributed by atoms with Gasteiger partial charge in [-0.3, -0.25) is 4.79 Å². The van der Waals surface area contributed by atoms with Gasteiger partial charge in [0.2, 0.25) is 5.91 Å². The van der Waals surface area contributed by atoms with Crippen LogP contribution in [0.5, 0.6) is 0 Å². The van der Waals surface area contributed by atoms with Crippen molar-refractivity contribution in [3.05, 3.63) is 42.7 Å². The van der Waals surface area contributed by atoms with Crippen LogP contribution in [-0.4, -0.2) is 32.2 Å². The second kappa shape index (κ2) is 8.77. The molecule has 26 heavy (non-hydrogen) atoms. The minimum Gasteiger partial charge on any atom is -0.324 e. The van der Waals surface area contributed by atoms with Gasteiger partial charge in [0.25, 0.3) is 0 Å². The first-order valence-corrected chi connectivity index (χ1v) is 10.8. The Balaban J connectivity index is 1.63. The Kier molecular flexibility index (Phi) is 6.43. The number of aromatic nitrogens is 3. The van der Waals surface area contributed by atoms with Crippen molar-refractivity contribution < 1.29 is 4.79 Å². The summed E-state index contributed by atoms with van der Waals surface area (Å²) in [7, 11) is 0. The lowest BCUT2D eigenvalue weighted by Gasteiger charge is -2.11. The molecule has 0 radical (unpaired) electrons. The molecule has 1 aliphatic rings. The van der Waals surface area contributed by atoms with Crippen molar-refractivity contribution in [1.82, 2.24) is 14.8 Å². The van der Waals surface area contributed by atoms with E-state index in [1.54, 1.807) is 11.8 Å². The normalized spacial score (nSPS) is 13.8. The summed E-state index contributed by atoms with van der Waals surface area (Å²) in [4.78, 5) is 13.5. The maximum atomic E-state index is 12.4. The number of rotatable bonds is 9. The molecule has 1 saturated carbocycles. The molecule has 1 fully saturated rings. The van der Waals surface area contributed by atoms with Gasteiger partial charge in [0.1, 0.15) is 5.82 Å². The Morgan fingerprint density at radius 3 is 2.81 bits per heavy atom. The fourth-order valence-electron chi connectivity index (χ4n) is 2.62. The van der Waals surface area contributed by atoms with E-state index in [0.29, 0.717) is 17.7 Å². The van der Waals surface area contributed by atoms with Gasteiger partial charge in [0.05, 0.1) is 11.4 Å². The third-order valence-electron chi connectivity index (χ3n) is 3.97. The van der Waals surface area contributed by atoms with Gasteiger partial charge in [-0.15, -0.1) is 28.5 Å². The van der Waals surface area contributed by atoms with Gasteiger partial charge in [0.15, 0.2) is 5.16 Å². The van der Waals surface area contributed by atoms with Crippen LogP contribution < -0.4 is 5.32 Å². The number of amides is 1. The summed E-state index contributed by atoms with van der Waals surface area (Å²) >= 11 is 3.12. The number of thioether (sulfide) groups is 2. The smallest absolute Gasteiger partial charge is 0.234 e. The fraction of sp³-hybridized carbons (Fsp3) is 0.421. The Labute approximate surface area is 163 Å².